The van der Waals surface area contributed by atoms with Gasteiger partial charge in [-0.15, -0.1) is 0 Å². The molecule has 0 saturated carbocycles. The molecule has 0 aromatic heterocycles. The summed E-state index contributed by atoms with van der Waals surface area (Å²) in [5, 5.41) is 37.0. The number of benzene rings is 5. The van der Waals surface area contributed by atoms with Gasteiger partial charge in [0, 0.05) is 16.7 Å². The number of nitrogens with zero attached hydrogens (tertiary/aromatic N) is 4. The third-order valence-corrected chi connectivity index (χ3v) is 7.23. The first-order valence-corrected chi connectivity index (χ1v) is 13.3. The third-order valence-electron chi connectivity index (χ3n) is 7.23. The van der Waals surface area contributed by atoms with Crippen LogP contribution in [0.5, 0.6) is 23.0 Å². The summed E-state index contributed by atoms with van der Waals surface area (Å²) >= 11 is 0. The SMILES string of the molecule is N#Cc1ccc(Oc2ccc(C3(c4ccc(Oc5ccc(C#N)c(C#N)c5)cc4)OC(=O)c4ccccc43)cc2)cc1C#N. The van der Waals surface area contributed by atoms with Crippen LogP contribution in [0, 0.1) is 45.3 Å². The van der Waals surface area contributed by atoms with Crippen LogP contribution in [-0.4, -0.2) is 5.97 Å². The highest BCUT2D eigenvalue weighted by Crippen LogP contribution is 2.47. The summed E-state index contributed by atoms with van der Waals surface area (Å²) in [5.74, 6) is 1.32. The molecule has 0 amide bonds. The monoisotopic (exact) mass is 570 g/mol. The Labute approximate surface area is 252 Å². The molecule has 6 rings (SSSR count). The molecule has 206 valence electrons. The Bertz CT molecular complexity index is 1990. The first kappa shape index (κ1) is 27.3. The Morgan fingerprint density at radius 3 is 1.41 bits per heavy atom. The van der Waals surface area contributed by atoms with Crippen LogP contribution in [0.1, 0.15) is 49.3 Å². The summed E-state index contributed by atoms with van der Waals surface area (Å²) in [6.45, 7) is 0. The van der Waals surface area contributed by atoms with Gasteiger partial charge in [0.2, 0.25) is 0 Å². The molecular formula is C36H18N4O4. The molecule has 0 N–H and O–H groups in total. The maximum atomic E-state index is 13.1. The van der Waals surface area contributed by atoms with E-state index in [1.165, 1.54) is 24.3 Å². The number of hydrogen-bond acceptors (Lipinski definition) is 8. The van der Waals surface area contributed by atoms with Crippen LogP contribution in [0.4, 0.5) is 0 Å². The summed E-state index contributed by atoms with van der Waals surface area (Å²) < 4.78 is 18.1. The van der Waals surface area contributed by atoms with Crippen LogP contribution >= 0.6 is 0 Å². The zero-order valence-corrected chi connectivity index (χ0v) is 22.8. The Morgan fingerprint density at radius 1 is 0.523 bits per heavy atom. The Morgan fingerprint density at radius 2 is 0.955 bits per heavy atom. The van der Waals surface area contributed by atoms with E-state index in [0.29, 0.717) is 45.3 Å². The predicted molar refractivity (Wildman–Crippen MR) is 157 cm³/mol. The highest BCUT2D eigenvalue weighted by molar-refractivity contribution is 5.96. The van der Waals surface area contributed by atoms with Crippen molar-refractivity contribution in [3.63, 3.8) is 0 Å². The molecule has 0 atom stereocenters. The lowest BCUT2D eigenvalue weighted by atomic mass is 9.80. The minimum atomic E-state index is -1.25. The second kappa shape index (κ2) is 11.2. The average Bonchev–Trinajstić information content (AvgIpc) is 3.38. The number of cyclic esters (lactones) is 1. The molecule has 8 nitrogen and oxygen atoms in total. The molecule has 1 heterocycles. The van der Waals surface area contributed by atoms with Crippen LogP contribution < -0.4 is 9.47 Å². The zero-order chi connectivity index (χ0) is 30.7. The van der Waals surface area contributed by atoms with Gasteiger partial charge in [-0.25, -0.2) is 4.79 Å². The van der Waals surface area contributed by atoms with Gasteiger partial charge in [0.05, 0.1) is 27.8 Å². The van der Waals surface area contributed by atoms with Crippen molar-refractivity contribution in [1.29, 1.82) is 21.0 Å². The van der Waals surface area contributed by atoms with E-state index in [1.807, 2.05) is 60.7 Å². The van der Waals surface area contributed by atoms with Gasteiger partial charge < -0.3 is 14.2 Å². The molecule has 0 spiro atoms. The Kier molecular flexibility index (Phi) is 6.94. The van der Waals surface area contributed by atoms with Crippen molar-refractivity contribution in [2.24, 2.45) is 0 Å². The lowest BCUT2D eigenvalue weighted by Crippen LogP contribution is -2.29. The van der Waals surface area contributed by atoms with E-state index in [4.69, 9.17) is 14.2 Å². The van der Waals surface area contributed by atoms with Gasteiger partial charge in [-0.2, -0.15) is 21.0 Å². The van der Waals surface area contributed by atoms with Crippen molar-refractivity contribution in [3.8, 4) is 47.3 Å². The largest absolute Gasteiger partial charge is 0.457 e. The molecule has 0 fully saturated rings. The first-order valence-electron chi connectivity index (χ1n) is 13.3. The van der Waals surface area contributed by atoms with Crippen molar-refractivity contribution in [2.75, 3.05) is 0 Å². The Balaban J connectivity index is 1.35. The summed E-state index contributed by atoms with van der Waals surface area (Å²) in [5.41, 5.74) is 2.20. The van der Waals surface area contributed by atoms with Crippen molar-refractivity contribution in [3.05, 3.63) is 154 Å². The van der Waals surface area contributed by atoms with Gasteiger partial charge in [-0.3, -0.25) is 0 Å². The van der Waals surface area contributed by atoms with E-state index in [1.54, 1.807) is 48.5 Å². The third kappa shape index (κ3) is 4.72. The molecule has 0 radical (unpaired) electrons. The summed E-state index contributed by atoms with van der Waals surface area (Å²) in [4.78, 5) is 13.1. The first-order chi connectivity index (χ1) is 21.5. The molecule has 44 heavy (non-hydrogen) atoms. The van der Waals surface area contributed by atoms with Gasteiger partial charge in [-0.05, 0) is 66.7 Å². The van der Waals surface area contributed by atoms with E-state index in [0.717, 1.165) is 0 Å². The fourth-order valence-electron chi connectivity index (χ4n) is 5.15. The number of esters is 1. The minimum Gasteiger partial charge on any atom is -0.457 e. The van der Waals surface area contributed by atoms with Crippen LogP contribution in [0.25, 0.3) is 0 Å². The Hall–Kier alpha value is -6.87. The van der Waals surface area contributed by atoms with E-state index in [-0.39, 0.29) is 22.3 Å². The van der Waals surface area contributed by atoms with Crippen LogP contribution in [-0.2, 0) is 10.3 Å². The molecule has 8 heteroatoms. The topological polar surface area (TPSA) is 140 Å². The maximum absolute atomic E-state index is 13.1. The number of carbonyl (C=O) groups is 1. The van der Waals surface area contributed by atoms with Crippen molar-refractivity contribution < 1.29 is 19.0 Å². The summed E-state index contributed by atoms with van der Waals surface area (Å²) in [6, 6.07) is 38.7. The van der Waals surface area contributed by atoms with E-state index in [2.05, 4.69) is 0 Å². The molecule has 0 aliphatic carbocycles. The number of ether oxygens (including phenoxy) is 3. The molecule has 5 aromatic rings. The summed E-state index contributed by atoms with van der Waals surface area (Å²) in [6.07, 6.45) is 0. The van der Waals surface area contributed by atoms with Gasteiger partial charge in [-0.1, -0.05) is 42.5 Å². The quantitative estimate of drug-likeness (QED) is 0.195. The highest BCUT2D eigenvalue weighted by Gasteiger charge is 2.48. The molecule has 0 saturated heterocycles. The average molecular weight is 571 g/mol. The van der Waals surface area contributed by atoms with Crippen molar-refractivity contribution >= 4 is 5.97 Å². The van der Waals surface area contributed by atoms with Crippen LogP contribution in [0.3, 0.4) is 0 Å². The number of rotatable bonds is 6. The molecule has 1 aliphatic rings. The number of carbonyl (C=O) groups excluding carboxylic acids is 1. The maximum Gasteiger partial charge on any atom is 0.340 e. The fraction of sp³-hybridized carbons (Fsp3) is 0.0278. The second-order valence-corrected chi connectivity index (χ2v) is 9.73. The normalized spacial score (nSPS) is 12.4. The molecular weight excluding hydrogens is 552 g/mol. The predicted octanol–water partition coefficient (Wildman–Crippen LogP) is 7.22. The molecule has 1 aliphatic heterocycles. The fourth-order valence-corrected chi connectivity index (χ4v) is 5.15. The number of hydrogen-bond donors (Lipinski definition) is 0. The highest BCUT2D eigenvalue weighted by atomic mass is 16.6. The summed E-state index contributed by atoms with van der Waals surface area (Å²) in [7, 11) is 0. The van der Waals surface area contributed by atoms with Crippen LogP contribution in [0.15, 0.2) is 109 Å². The zero-order valence-electron chi connectivity index (χ0n) is 22.8. The van der Waals surface area contributed by atoms with Crippen LogP contribution in [0.2, 0.25) is 0 Å². The number of nitriles is 4. The van der Waals surface area contributed by atoms with Crippen molar-refractivity contribution in [2.45, 2.75) is 5.60 Å². The smallest absolute Gasteiger partial charge is 0.340 e. The minimum absolute atomic E-state index is 0.215. The molecule has 5 aromatic carbocycles. The lowest BCUT2D eigenvalue weighted by Gasteiger charge is -2.30. The standard InChI is InChI=1S/C36H18N4O4/c37-19-23-5-11-31(17-25(23)21-39)42-29-13-7-27(8-14-29)36(34-4-2-1-3-33(34)35(41)44-36)28-9-15-30(16-10-28)43-32-12-6-24(20-38)26(18-32)22-40/h1-18H. The van der Waals surface area contributed by atoms with E-state index < -0.39 is 11.6 Å². The van der Waals surface area contributed by atoms with Gasteiger partial charge >= 0.3 is 5.97 Å². The molecule has 0 bridgehead atoms. The molecule has 0 unspecified atom stereocenters. The van der Waals surface area contributed by atoms with Gasteiger partial charge in [0.15, 0.2) is 5.60 Å². The van der Waals surface area contributed by atoms with Gasteiger partial charge in [0.1, 0.15) is 47.3 Å². The number of fused-ring (bicyclic) bond motifs is 1. The lowest BCUT2D eigenvalue weighted by molar-refractivity contribution is 0.0251. The van der Waals surface area contributed by atoms with Crippen molar-refractivity contribution in [1.82, 2.24) is 0 Å². The van der Waals surface area contributed by atoms with E-state index in [9.17, 15) is 25.8 Å². The van der Waals surface area contributed by atoms with E-state index >= 15 is 0 Å². The van der Waals surface area contributed by atoms with Gasteiger partial charge in [0.25, 0.3) is 0 Å². The second-order valence-electron chi connectivity index (χ2n) is 9.73.